The monoisotopic (exact) mass is 468 g/mol. The topological polar surface area (TPSA) is 78.9 Å². The summed E-state index contributed by atoms with van der Waals surface area (Å²) in [7, 11) is 0. The highest BCUT2D eigenvalue weighted by atomic mass is 16.5. The molecular formula is C28H40N2O4. The number of nitrogens with zero attached hydrogens (tertiary/aromatic N) is 1. The van der Waals surface area contributed by atoms with E-state index in [0.717, 1.165) is 42.5 Å². The van der Waals surface area contributed by atoms with E-state index in [9.17, 15) is 14.7 Å². The Hall–Kier alpha value is -2.70. The molecule has 0 fully saturated rings. The smallest absolute Gasteiger partial charge is 0.330 e. The van der Waals surface area contributed by atoms with Crippen LogP contribution in [-0.4, -0.2) is 47.1 Å². The van der Waals surface area contributed by atoms with Crippen molar-refractivity contribution in [3.8, 4) is 5.75 Å². The Morgan fingerprint density at radius 2 is 1.68 bits per heavy atom. The number of amides is 1. The number of hydrogen-bond acceptors (Lipinski definition) is 5. The summed E-state index contributed by atoms with van der Waals surface area (Å²) in [6.45, 7) is 11.0. The zero-order valence-electron chi connectivity index (χ0n) is 21.2. The molecule has 0 aliphatic carbocycles. The first-order chi connectivity index (χ1) is 16.2. The van der Waals surface area contributed by atoms with Crippen LogP contribution in [0.2, 0.25) is 0 Å². The molecule has 2 rings (SSSR count). The fourth-order valence-corrected chi connectivity index (χ4v) is 4.36. The molecule has 0 aromatic heterocycles. The Bertz CT molecular complexity index is 904. The van der Waals surface area contributed by atoms with E-state index < -0.39 is 5.97 Å². The van der Waals surface area contributed by atoms with Gasteiger partial charge in [-0.3, -0.25) is 9.69 Å². The number of benzene rings is 2. The van der Waals surface area contributed by atoms with Crippen molar-refractivity contribution in [1.82, 2.24) is 10.2 Å². The van der Waals surface area contributed by atoms with Crippen molar-refractivity contribution in [2.24, 2.45) is 0 Å². The van der Waals surface area contributed by atoms with Crippen molar-refractivity contribution in [3.63, 3.8) is 0 Å². The molecule has 2 aromatic rings. The van der Waals surface area contributed by atoms with Gasteiger partial charge in [-0.15, -0.1) is 0 Å². The predicted molar refractivity (Wildman–Crippen MR) is 136 cm³/mol. The molecule has 0 radical (unpaired) electrons. The normalized spacial score (nSPS) is 12.3. The van der Waals surface area contributed by atoms with Gasteiger partial charge in [0.05, 0.1) is 6.61 Å². The first kappa shape index (κ1) is 27.5. The van der Waals surface area contributed by atoms with Crippen LogP contribution in [0.4, 0.5) is 0 Å². The highest BCUT2D eigenvalue weighted by Gasteiger charge is 2.21. The molecule has 0 spiro atoms. The van der Waals surface area contributed by atoms with E-state index in [1.165, 1.54) is 6.92 Å². The summed E-state index contributed by atoms with van der Waals surface area (Å²) in [6.07, 6.45) is 2.97. The molecule has 0 heterocycles. The van der Waals surface area contributed by atoms with Crippen LogP contribution < -0.4 is 10.1 Å². The lowest BCUT2D eigenvalue weighted by molar-refractivity contribution is -0.135. The van der Waals surface area contributed by atoms with Crippen LogP contribution in [-0.2, 0) is 16.2 Å². The lowest BCUT2D eigenvalue weighted by Gasteiger charge is -2.30. The Kier molecular flexibility index (Phi) is 11.2. The van der Waals surface area contributed by atoms with Crippen LogP contribution in [0, 0.1) is 0 Å². The molecule has 0 aliphatic heterocycles. The molecule has 2 N–H and O–H groups in total. The Morgan fingerprint density at radius 1 is 1.00 bits per heavy atom. The molecule has 186 valence electrons. The van der Waals surface area contributed by atoms with E-state index in [2.05, 4.69) is 50.0 Å². The second-order valence-corrected chi connectivity index (χ2v) is 9.30. The van der Waals surface area contributed by atoms with Gasteiger partial charge in [-0.05, 0) is 70.3 Å². The molecule has 6 nitrogen and oxygen atoms in total. The quantitative estimate of drug-likeness (QED) is 0.254. The van der Waals surface area contributed by atoms with Gasteiger partial charge in [-0.1, -0.05) is 42.8 Å². The van der Waals surface area contributed by atoms with Crippen molar-refractivity contribution < 1.29 is 19.4 Å². The van der Waals surface area contributed by atoms with E-state index >= 15 is 0 Å². The van der Waals surface area contributed by atoms with Gasteiger partial charge in [0.1, 0.15) is 12.3 Å². The molecule has 6 heteroatoms. The lowest BCUT2D eigenvalue weighted by Crippen LogP contribution is -2.37. The van der Waals surface area contributed by atoms with Crippen molar-refractivity contribution >= 4 is 11.9 Å². The first-order valence-corrected chi connectivity index (χ1v) is 12.2. The first-order valence-electron chi connectivity index (χ1n) is 12.2. The molecule has 0 aliphatic rings. The number of nitrogens with one attached hydrogen (secondary N) is 1. The van der Waals surface area contributed by atoms with Crippen LogP contribution >= 0.6 is 0 Å². The second kappa shape index (κ2) is 13.9. The van der Waals surface area contributed by atoms with Gasteiger partial charge < -0.3 is 15.2 Å². The number of aliphatic hydroxyl groups is 1. The number of esters is 1. The van der Waals surface area contributed by atoms with Gasteiger partial charge in [-0.25, -0.2) is 4.79 Å². The van der Waals surface area contributed by atoms with Crippen LogP contribution in [0.25, 0.3) is 0 Å². The number of carbonyl (C=O) groups is 2. The summed E-state index contributed by atoms with van der Waals surface area (Å²) in [5.41, 5.74) is 2.78. The van der Waals surface area contributed by atoms with Gasteiger partial charge >= 0.3 is 5.97 Å². The molecule has 34 heavy (non-hydrogen) atoms. The van der Waals surface area contributed by atoms with E-state index in [-0.39, 0.29) is 25.0 Å². The summed E-state index contributed by atoms with van der Waals surface area (Å²) in [5.74, 6) is -0.327. The van der Waals surface area contributed by atoms with E-state index in [4.69, 9.17) is 4.74 Å². The van der Waals surface area contributed by atoms with E-state index in [1.54, 1.807) is 12.1 Å². The molecule has 1 unspecified atom stereocenters. The van der Waals surface area contributed by atoms with Gasteiger partial charge in [0.2, 0.25) is 5.91 Å². The largest absolute Gasteiger partial charge is 0.425 e. The fraction of sp³-hybridized carbons (Fsp3) is 0.500. The maximum atomic E-state index is 12.4. The average molecular weight is 469 g/mol. The fourth-order valence-electron chi connectivity index (χ4n) is 4.36. The number of hydrogen-bond donors (Lipinski definition) is 2. The molecule has 1 atom stereocenters. The van der Waals surface area contributed by atoms with Gasteiger partial charge in [0.15, 0.2) is 0 Å². The Morgan fingerprint density at radius 3 is 2.26 bits per heavy atom. The number of carbonyl (C=O) groups excluding carboxylic acids is 2. The SMILES string of the molecule is CC(=O)NCC(=O)Oc1ccc(CO)cc1C(CCCCN(C(C)C)C(C)C)c1ccccc1. The highest BCUT2D eigenvalue weighted by Crippen LogP contribution is 2.36. The summed E-state index contributed by atoms with van der Waals surface area (Å²) in [5, 5.41) is 12.2. The lowest BCUT2D eigenvalue weighted by atomic mass is 9.85. The number of unbranched alkanes of at least 4 members (excludes halogenated alkanes) is 1. The van der Waals surface area contributed by atoms with E-state index in [1.807, 2.05) is 24.3 Å². The number of rotatable bonds is 13. The molecule has 0 saturated carbocycles. The standard InChI is InChI=1S/C28H40N2O4/c1-20(2)30(21(3)4)16-10-9-13-25(24-11-7-6-8-12-24)26-17-23(19-31)14-15-27(26)34-28(33)18-29-22(5)32/h6-8,11-12,14-15,17,20-21,25,31H,9-10,13,16,18-19H2,1-5H3,(H,29,32). The van der Waals surface area contributed by atoms with Crippen molar-refractivity contribution in [1.29, 1.82) is 0 Å². The molecule has 2 aromatic carbocycles. The highest BCUT2D eigenvalue weighted by molar-refractivity contribution is 5.81. The van der Waals surface area contributed by atoms with Crippen molar-refractivity contribution in [2.45, 2.75) is 78.5 Å². The van der Waals surface area contributed by atoms with Crippen LogP contribution in [0.5, 0.6) is 5.75 Å². The molecule has 0 bridgehead atoms. The Balaban J connectivity index is 2.27. The minimum absolute atomic E-state index is 0.0165. The van der Waals surface area contributed by atoms with E-state index in [0.29, 0.717) is 17.8 Å². The van der Waals surface area contributed by atoms with Crippen molar-refractivity contribution in [3.05, 3.63) is 65.2 Å². The molecular weight excluding hydrogens is 428 g/mol. The number of ether oxygens (including phenoxy) is 1. The molecule has 1 amide bonds. The minimum atomic E-state index is -0.524. The van der Waals surface area contributed by atoms with Gasteiger partial charge in [-0.2, -0.15) is 0 Å². The third-order valence-electron chi connectivity index (χ3n) is 6.03. The second-order valence-electron chi connectivity index (χ2n) is 9.30. The number of aliphatic hydroxyl groups excluding tert-OH is 1. The summed E-state index contributed by atoms with van der Waals surface area (Å²) >= 11 is 0. The Labute approximate surface area is 204 Å². The predicted octanol–water partition coefficient (Wildman–Crippen LogP) is 4.64. The van der Waals surface area contributed by atoms with Crippen molar-refractivity contribution in [2.75, 3.05) is 13.1 Å². The maximum Gasteiger partial charge on any atom is 0.330 e. The maximum absolute atomic E-state index is 12.4. The zero-order chi connectivity index (χ0) is 25.1. The minimum Gasteiger partial charge on any atom is -0.425 e. The summed E-state index contributed by atoms with van der Waals surface area (Å²) < 4.78 is 5.66. The third kappa shape index (κ3) is 8.58. The summed E-state index contributed by atoms with van der Waals surface area (Å²) in [4.78, 5) is 26.0. The zero-order valence-corrected chi connectivity index (χ0v) is 21.2. The summed E-state index contributed by atoms with van der Waals surface area (Å²) in [6, 6.07) is 16.6. The van der Waals surface area contributed by atoms with Gasteiger partial charge in [0.25, 0.3) is 0 Å². The van der Waals surface area contributed by atoms with Crippen LogP contribution in [0.3, 0.4) is 0 Å². The van der Waals surface area contributed by atoms with Crippen LogP contribution in [0.15, 0.2) is 48.5 Å². The third-order valence-corrected chi connectivity index (χ3v) is 6.03. The van der Waals surface area contributed by atoms with Gasteiger partial charge in [0, 0.05) is 30.5 Å². The average Bonchev–Trinajstić information content (AvgIpc) is 2.80. The van der Waals surface area contributed by atoms with Crippen LogP contribution in [0.1, 0.15) is 76.5 Å². The molecule has 0 saturated heterocycles.